The van der Waals surface area contributed by atoms with Crippen molar-refractivity contribution in [3.8, 4) is 0 Å². The van der Waals surface area contributed by atoms with Crippen molar-refractivity contribution in [2.45, 2.75) is 20.8 Å². The first-order chi connectivity index (χ1) is 6.43. The SMILES string of the molecule is Cc1nc(Cl)c([N+](=O)[O-])c([C-](C)C)n1.[Na+]. The molecule has 0 aliphatic heterocycles. The van der Waals surface area contributed by atoms with E-state index in [0.29, 0.717) is 11.5 Å². The van der Waals surface area contributed by atoms with Crippen LogP contribution in [0.4, 0.5) is 5.69 Å². The second kappa shape index (κ2) is 5.65. The molecule has 76 valence electrons. The van der Waals surface area contributed by atoms with E-state index >= 15 is 0 Å². The summed E-state index contributed by atoms with van der Waals surface area (Å²) < 4.78 is 0. The number of halogens is 1. The summed E-state index contributed by atoms with van der Waals surface area (Å²) in [5.41, 5.74) is 0.0739. The predicted octanol–water partition coefficient (Wildman–Crippen LogP) is -0.687. The third kappa shape index (κ3) is 3.31. The van der Waals surface area contributed by atoms with Gasteiger partial charge in [-0.25, -0.2) is 4.98 Å². The van der Waals surface area contributed by atoms with Gasteiger partial charge in [0.25, 0.3) is 0 Å². The summed E-state index contributed by atoms with van der Waals surface area (Å²) in [5.74, 6) is 1.17. The van der Waals surface area contributed by atoms with Crippen LogP contribution in [0.5, 0.6) is 0 Å². The van der Waals surface area contributed by atoms with E-state index in [4.69, 9.17) is 11.6 Å². The van der Waals surface area contributed by atoms with E-state index in [-0.39, 0.29) is 40.4 Å². The van der Waals surface area contributed by atoms with Crippen LogP contribution < -0.4 is 29.6 Å². The summed E-state index contributed by atoms with van der Waals surface area (Å²) in [6, 6.07) is 0. The molecule has 0 aliphatic carbocycles. The molecular formula is C8H9ClN3NaO2. The maximum absolute atomic E-state index is 10.7. The van der Waals surface area contributed by atoms with Crippen molar-refractivity contribution in [3.05, 3.63) is 32.7 Å². The van der Waals surface area contributed by atoms with Crippen LogP contribution >= 0.6 is 11.6 Å². The molecule has 0 unspecified atom stereocenters. The number of hydrogen-bond donors (Lipinski definition) is 0. The van der Waals surface area contributed by atoms with E-state index in [0.717, 1.165) is 5.92 Å². The van der Waals surface area contributed by atoms with Crippen LogP contribution in [0.3, 0.4) is 0 Å². The van der Waals surface area contributed by atoms with Gasteiger partial charge in [0.15, 0.2) is 5.69 Å². The van der Waals surface area contributed by atoms with E-state index in [1.807, 2.05) is 0 Å². The van der Waals surface area contributed by atoms with Crippen molar-refractivity contribution in [1.29, 1.82) is 0 Å². The quantitative estimate of drug-likeness (QED) is 0.225. The van der Waals surface area contributed by atoms with Crippen LogP contribution in [-0.4, -0.2) is 14.9 Å². The van der Waals surface area contributed by atoms with Gasteiger partial charge in [0.05, 0.1) is 0 Å². The minimum Gasteiger partial charge on any atom is -0.277 e. The van der Waals surface area contributed by atoms with Gasteiger partial charge in [-0.2, -0.15) is 5.92 Å². The summed E-state index contributed by atoms with van der Waals surface area (Å²) in [6.07, 6.45) is 0. The Bertz CT molecular complexity index is 384. The Kier molecular flexibility index (Phi) is 5.51. The summed E-state index contributed by atoms with van der Waals surface area (Å²) in [4.78, 5) is 17.8. The molecule has 5 nitrogen and oxygen atoms in total. The maximum atomic E-state index is 10.7. The second-order valence-corrected chi connectivity index (χ2v) is 3.37. The Balaban J connectivity index is 0.00000196. The van der Waals surface area contributed by atoms with Crippen molar-refractivity contribution < 1.29 is 34.5 Å². The van der Waals surface area contributed by atoms with Crippen molar-refractivity contribution in [2.24, 2.45) is 0 Å². The van der Waals surface area contributed by atoms with Gasteiger partial charge in [-0.15, -0.1) is 13.8 Å². The molecule has 0 fully saturated rings. The number of aromatic nitrogens is 2. The third-order valence-corrected chi connectivity index (χ3v) is 1.87. The normalized spacial score (nSPS) is 9.33. The van der Waals surface area contributed by atoms with E-state index in [9.17, 15) is 10.1 Å². The van der Waals surface area contributed by atoms with Crippen LogP contribution in [0, 0.1) is 23.0 Å². The summed E-state index contributed by atoms with van der Waals surface area (Å²) in [5, 5.41) is 10.6. The van der Waals surface area contributed by atoms with Gasteiger partial charge >= 0.3 is 29.6 Å². The zero-order valence-electron chi connectivity index (χ0n) is 9.04. The Hall–Kier alpha value is -0.360. The maximum Gasteiger partial charge on any atom is 1.00 e. The van der Waals surface area contributed by atoms with Gasteiger partial charge in [-0.05, 0) is 17.5 Å². The number of aryl methyl sites for hydroxylation is 1. The molecule has 0 bridgehead atoms. The summed E-state index contributed by atoms with van der Waals surface area (Å²) >= 11 is 5.67. The Morgan fingerprint density at radius 2 is 1.93 bits per heavy atom. The molecule has 0 amide bonds. The molecule has 0 radical (unpaired) electrons. The first-order valence-corrected chi connectivity index (χ1v) is 4.30. The number of hydrogen-bond acceptors (Lipinski definition) is 4. The molecule has 0 saturated carbocycles. The fourth-order valence-corrected chi connectivity index (χ4v) is 1.32. The van der Waals surface area contributed by atoms with Crippen LogP contribution in [0.2, 0.25) is 5.15 Å². The fourth-order valence-electron chi connectivity index (χ4n) is 1.04. The standard InChI is InChI=1S/C8H9ClN3O2.Na/c1-4(2)6-7(12(13)14)8(9)11-5(3)10-6;/h1-3H3;/q-1;+1. The molecule has 1 heterocycles. The Morgan fingerprint density at radius 3 is 2.33 bits per heavy atom. The molecule has 0 aromatic carbocycles. The summed E-state index contributed by atoms with van der Waals surface area (Å²) in [6.45, 7) is 5.12. The first-order valence-electron chi connectivity index (χ1n) is 3.92. The van der Waals surface area contributed by atoms with Crippen molar-refractivity contribution in [2.75, 3.05) is 0 Å². The monoisotopic (exact) mass is 237 g/mol. The largest absolute Gasteiger partial charge is 1.00 e. The Morgan fingerprint density at radius 1 is 1.40 bits per heavy atom. The number of rotatable bonds is 2. The average Bonchev–Trinajstić information content (AvgIpc) is 2.01. The van der Waals surface area contributed by atoms with E-state index in [1.54, 1.807) is 20.8 Å². The molecule has 7 heteroatoms. The molecule has 1 rings (SSSR count). The van der Waals surface area contributed by atoms with E-state index in [1.165, 1.54) is 0 Å². The molecule has 15 heavy (non-hydrogen) atoms. The number of nitrogens with zero attached hydrogens (tertiary/aromatic N) is 3. The molecule has 0 spiro atoms. The molecule has 0 saturated heterocycles. The molecular weight excluding hydrogens is 229 g/mol. The number of nitro groups is 1. The van der Waals surface area contributed by atoms with Crippen LogP contribution in [-0.2, 0) is 0 Å². The molecule has 0 aliphatic rings. The zero-order chi connectivity index (χ0) is 10.9. The molecule has 1 aromatic rings. The van der Waals surface area contributed by atoms with Crippen LogP contribution in [0.1, 0.15) is 25.4 Å². The zero-order valence-corrected chi connectivity index (χ0v) is 11.8. The van der Waals surface area contributed by atoms with Gasteiger partial charge in [-0.3, -0.25) is 15.1 Å². The molecule has 0 atom stereocenters. The van der Waals surface area contributed by atoms with Gasteiger partial charge in [0, 0.05) is 0 Å². The van der Waals surface area contributed by atoms with Crippen molar-refractivity contribution in [3.63, 3.8) is 0 Å². The fraction of sp³-hybridized carbons (Fsp3) is 0.375. The van der Waals surface area contributed by atoms with Gasteiger partial charge in [-0.1, -0.05) is 11.6 Å². The summed E-state index contributed by atoms with van der Waals surface area (Å²) in [7, 11) is 0. The smallest absolute Gasteiger partial charge is 0.277 e. The van der Waals surface area contributed by atoms with Crippen LogP contribution in [0.15, 0.2) is 0 Å². The van der Waals surface area contributed by atoms with Gasteiger partial charge < -0.3 is 0 Å². The topological polar surface area (TPSA) is 68.9 Å². The minimum atomic E-state index is -0.565. The third-order valence-electron chi connectivity index (χ3n) is 1.61. The van der Waals surface area contributed by atoms with E-state index in [2.05, 4.69) is 9.97 Å². The van der Waals surface area contributed by atoms with Crippen LogP contribution in [0.25, 0.3) is 0 Å². The molecule has 0 N–H and O–H groups in total. The second-order valence-electron chi connectivity index (χ2n) is 3.02. The van der Waals surface area contributed by atoms with E-state index < -0.39 is 4.92 Å². The molecule has 1 aromatic heterocycles. The minimum absolute atomic E-state index is 0. The van der Waals surface area contributed by atoms with Gasteiger partial charge in [0.2, 0.25) is 0 Å². The van der Waals surface area contributed by atoms with Gasteiger partial charge in [0.1, 0.15) is 11.0 Å². The first kappa shape index (κ1) is 14.6. The van der Waals surface area contributed by atoms with Crippen molar-refractivity contribution >= 4 is 17.3 Å². The van der Waals surface area contributed by atoms with Crippen molar-refractivity contribution in [1.82, 2.24) is 9.97 Å². The Labute approximate surface area is 115 Å². The predicted molar refractivity (Wildman–Crippen MR) is 52.1 cm³/mol. The average molecular weight is 238 g/mol.